The van der Waals surface area contributed by atoms with Gasteiger partial charge in [0, 0.05) is 29.9 Å². The molecule has 38 heavy (non-hydrogen) atoms. The van der Waals surface area contributed by atoms with Crippen LogP contribution in [0, 0.1) is 24.2 Å². The van der Waals surface area contributed by atoms with Gasteiger partial charge in [0.05, 0.1) is 42.3 Å². The summed E-state index contributed by atoms with van der Waals surface area (Å²) in [4.78, 5) is 31.3. The van der Waals surface area contributed by atoms with E-state index in [2.05, 4.69) is 22.3 Å². The number of aromatic nitrogens is 3. The van der Waals surface area contributed by atoms with E-state index in [0.29, 0.717) is 18.2 Å². The number of nitrogens with zero attached hydrogens (tertiary/aromatic N) is 4. The molecule has 3 fully saturated rings. The third-order valence-corrected chi connectivity index (χ3v) is 8.14. The number of morpholine rings is 1. The molecule has 3 aliphatic rings. The molecule has 2 aliphatic heterocycles. The maximum Gasteiger partial charge on any atom is 0.233 e. The Hall–Kier alpha value is -2.88. The van der Waals surface area contributed by atoms with Gasteiger partial charge in [-0.25, -0.2) is 13.9 Å². The fraction of sp³-hybridized carbons (Fsp3) is 0.500. The summed E-state index contributed by atoms with van der Waals surface area (Å²) in [6.07, 6.45) is 4.05. The van der Waals surface area contributed by atoms with Crippen LogP contribution in [-0.2, 0) is 27.3 Å². The van der Waals surface area contributed by atoms with E-state index in [1.165, 1.54) is 16.8 Å². The lowest BCUT2D eigenvalue weighted by atomic mass is 9.97. The topological polar surface area (TPSA) is 88.8 Å². The van der Waals surface area contributed by atoms with E-state index in [1.54, 1.807) is 4.52 Å². The normalized spacial score (nSPS) is 23.8. The monoisotopic (exact) mass is 541 g/mol. The van der Waals surface area contributed by atoms with E-state index in [4.69, 9.17) is 16.3 Å². The zero-order valence-electron chi connectivity index (χ0n) is 22.1. The van der Waals surface area contributed by atoms with E-state index in [9.17, 15) is 14.0 Å². The molecule has 2 saturated heterocycles. The van der Waals surface area contributed by atoms with Crippen molar-refractivity contribution in [3.63, 3.8) is 0 Å². The minimum atomic E-state index is -0.368. The molecule has 0 radical (unpaired) electrons. The highest BCUT2D eigenvalue weighted by Gasteiger charge is 2.72. The number of amides is 2. The third kappa shape index (κ3) is 4.72. The van der Waals surface area contributed by atoms with Crippen LogP contribution in [0.3, 0.4) is 0 Å². The molecule has 10 heteroatoms. The molecule has 2 aromatic heterocycles. The van der Waals surface area contributed by atoms with Gasteiger partial charge in [-0.1, -0.05) is 32.4 Å². The average Bonchev–Trinajstić information content (AvgIpc) is 3.14. The molecule has 1 aliphatic carbocycles. The van der Waals surface area contributed by atoms with Crippen molar-refractivity contribution in [1.29, 1.82) is 0 Å². The van der Waals surface area contributed by atoms with Crippen LogP contribution in [0.4, 0.5) is 4.39 Å². The summed E-state index contributed by atoms with van der Waals surface area (Å²) in [7, 11) is 0. The molecule has 6 rings (SSSR count). The molecule has 1 saturated carbocycles. The Morgan fingerprint density at radius 2 is 1.95 bits per heavy atom. The van der Waals surface area contributed by atoms with Gasteiger partial charge in [0.15, 0.2) is 0 Å². The Morgan fingerprint density at radius 3 is 2.55 bits per heavy atom. The Kier molecular flexibility index (Phi) is 7.28. The van der Waals surface area contributed by atoms with Gasteiger partial charge in [-0.05, 0) is 53.6 Å². The summed E-state index contributed by atoms with van der Waals surface area (Å²) in [5, 5.41) is 8.02. The minimum absolute atomic E-state index is 0.0599. The number of imide groups is 1. The quantitative estimate of drug-likeness (QED) is 0.491. The molecular formula is C28H33ClFN5O3. The van der Waals surface area contributed by atoms with Crippen molar-refractivity contribution in [1.82, 2.24) is 24.8 Å². The molecule has 8 nitrogen and oxygen atoms in total. The lowest BCUT2D eigenvalue weighted by Crippen LogP contribution is -2.39. The number of likely N-dealkylation sites (tertiary alicyclic amines) is 1. The fourth-order valence-electron chi connectivity index (χ4n) is 5.79. The highest BCUT2D eigenvalue weighted by atomic mass is 35.5. The highest BCUT2D eigenvalue weighted by Crippen LogP contribution is 2.63. The molecule has 3 unspecified atom stereocenters. The zero-order chi connectivity index (χ0) is 27.2. The number of rotatable bonds is 5. The van der Waals surface area contributed by atoms with Gasteiger partial charge >= 0.3 is 0 Å². The second kappa shape index (κ2) is 10.4. The Labute approximate surface area is 226 Å². The lowest BCUT2D eigenvalue weighted by molar-refractivity contribution is -0.143. The van der Waals surface area contributed by atoms with E-state index in [-0.39, 0.29) is 48.4 Å². The van der Waals surface area contributed by atoms with Crippen molar-refractivity contribution in [3.05, 3.63) is 52.4 Å². The van der Waals surface area contributed by atoms with Crippen LogP contribution in [0.15, 0.2) is 30.7 Å². The van der Waals surface area contributed by atoms with E-state index in [1.807, 2.05) is 45.2 Å². The van der Waals surface area contributed by atoms with Crippen molar-refractivity contribution in [2.75, 3.05) is 26.4 Å². The van der Waals surface area contributed by atoms with Crippen LogP contribution in [0.1, 0.15) is 37.5 Å². The second-order valence-electron chi connectivity index (χ2n) is 10.8. The summed E-state index contributed by atoms with van der Waals surface area (Å²) in [6.45, 7) is 10.2. The van der Waals surface area contributed by atoms with Crippen LogP contribution in [0.25, 0.3) is 16.8 Å². The number of carbonyl (C=O) groups is 2. The number of benzene rings is 1. The molecule has 0 spiro atoms. The van der Waals surface area contributed by atoms with Gasteiger partial charge in [0.1, 0.15) is 13.0 Å². The molecule has 3 atom stereocenters. The summed E-state index contributed by atoms with van der Waals surface area (Å²) < 4.78 is 18.5. The smallest absolute Gasteiger partial charge is 0.233 e. The number of piperidine rings is 1. The lowest BCUT2D eigenvalue weighted by Gasteiger charge is -2.20. The molecule has 3 aromatic rings. The van der Waals surface area contributed by atoms with Gasteiger partial charge in [-0.2, -0.15) is 5.10 Å². The Morgan fingerprint density at radius 1 is 1.21 bits per heavy atom. The number of ether oxygens (including phenoxy) is 1. The first-order valence-electron chi connectivity index (χ1n) is 13.0. The number of hydrogen-bond acceptors (Lipinski definition) is 6. The predicted octanol–water partition coefficient (Wildman–Crippen LogP) is 4.01. The summed E-state index contributed by atoms with van der Waals surface area (Å²) in [5.74, 6) is -0.455. The van der Waals surface area contributed by atoms with Gasteiger partial charge < -0.3 is 10.1 Å². The van der Waals surface area contributed by atoms with Gasteiger partial charge in [-0.3, -0.25) is 14.5 Å². The van der Waals surface area contributed by atoms with Crippen LogP contribution in [0.2, 0.25) is 5.02 Å². The van der Waals surface area contributed by atoms with Crippen molar-refractivity contribution in [2.24, 2.45) is 17.3 Å². The van der Waals surface area contributed by atoms with Crippen molar-refractivity contribution in [3.8, 4) is 11.3 Å². The number of alkyl halides is 1. The van der Waals surface area contributed by atoms with Gasteiger partial charge in [-0.15, -0.1) is 0 Å². The average molecular weight is 542 g/mol. The van der Waals surface area contributed by atoms with Crippen molar-refractivity contribution >= 4 is 28.9 Å². The van der Waals surface area contributed by atoms with Crippen molar-refractivity contribution in [2.45, 2.75) is 46.8 Å². The number of aryl methyl sites for hydroxylation is 1. The minimum Gasteiger partial charge on any atom is -0.373 e. The summed E-state index contributed by atoms with van der Waals surface area (Å²) in [5.41, 5.74) is 5.57. The zero-order valence-corrected chi connectivity index (χ0v) is 22.9. The van der Waals surface area contributed by atoms with E-state index >= 15 is 0 Å². The number of carbonyl (C=O) groups excluding carboxylic acids is 2. The number of nitrogens with one attached hydrogen (secondary N) is 1. The van der Waals surface area contributed by atoms with Crippen LogP contribution < -0.4 is 5.32 Å². The number of hydrogen-bond donors (Lipinski definition) is 1. The van der Waals surface area contributed by atoms with Gasteiger partial charge in [0.2, 0.25) is 11.8 Å². The maximum absolute atomic E-state index is 12.7. The summed E-state index contributed by atoms with van der Waals surface area (Å²) >= 11 is 6.34. The molecule has 4 heterocycles. The molecule has 202 valence electrons. The van der Waals surface area contributed by atoms with Crippen molar-refractivity contribution < 1.29 is 18.7 Å². The predicted molar refractivity (Wildman–Crippen MR) is 142 cm³/mol. The molecule has 0 bridgehead atoms. The molecule has 1 aromatic carbocycles. The van der Waals surface area contributed by atoms with E-state index in [0.717, 1.165) is 40.9 Å². The number of halogens is 2. The SMILES string of the molecule is CCc1c(C)cc(Cl)cc1-c1ncnn2cc(CN3C(=O)C4C(C3=O)C4(C)C)cc12.FCC1CNCCO1. The Balaban J connectivity index is 0.000000316. The first kappa shape index (κ1) is 26.7. The second-order valence-corrected chi connectivity index (χ2v) is 11.2. The molecular weight excluding hydrogens is 509 g/mol. The standard InChI is InChI=1S/C23H23ClN4O2.C5H10FNO/c1-5-15-12(2)6-14(24)8-16(15)20-17-7-13(10-28(17)26-11-25-20)9-27-21(29)18-19(22(27)30)23(18,3)4;6-3-5-4-7-1-2-8-5/h6-8,10-11,18-19H,5,9H2,1-4H3;5,7H,1-4H2. The van der Waals surface area contributed by atoms with Gasteiger partial charge in [0.25, 0.3) is 0 Å². The third-order valence-electron chi connectivity index (χ3n) is 7.92. The Bertz CT molecular complexity index is 1360. The largest absolute Gasteiger partial charge is 0.373 e. The van der Waals surface area contributed by atoms with Crippen LogP contribution in [-0.4, -0.2) is 63.8 Å². The highest BCUT2D eigenvalue weighted by molar-refractivity contribution is 6.31. The van der Waals surface area contributed by atoms with E-state index < -0.39 is 0 Å². The molecule has 2 amide bonds. The summed E-state index contributed by atoms with van der Waals surface area (Å²) in [6, 6.07) is 5.86. The maximum atomic E-state index is 12.7. The van der Waals surface area contributed by atoms with Crippen LogP contribution in [0.5, 0.6) is 0 Å². The first-order chi connectivity index (χ1) is 18.2. The van der Waals surface area contributed by atoms with Crippen LogP contribution >= 0.6 is 11.6 Å². The molecule has 1 N–H and O–H groups in total. The fourth-order valence-corrected chi connectivity index (χ4v) is 6.06. The first-order valence-corrected chi connectivity index (χ1v) is 13.4. The number of fused-ring (bicyclic) bond motifs is 2.